The van der Waals surface area contributed by atoms with Gasteiger partial charge in [0, 0.05) is 6.42 Å². The van der Waals surface area contributed by atoms with E-state index in [1.54, 1.807) is 24.3 Å². The third-order valence-electron chi connectivity index (χ3n) is 5.57. The van der Waals surface area contributed by atoms with E-state index in [0.717, 1.165) is 24.0 Å². The lowest BCUT2D eigenvalue weighted by atomic mass is 9.91. The molecule has 3 unspecified atom stereocenters. The summed E-state index contributed by atoms with van der Waals surface area (Å²) >= 11 is 0. The average Bonchev–Trinajstić information content (AvgIpc) is 3.08. The first-order valence-corrected chi connectivity index (χ1v) is 9.45. The van der Waals surface area contributed by atoms with Crippen molar-refractivity contribution in [2.24, 2.45) is 5.92 Å². The number of esters is 1. The van der Waals surface area contributed by atoms with Crippen molar-refractivity contribution in [1.82, 2.24) is 0 Å². The molecule has 2 fully saturated rings. The van der Waals surface area contributed by atoms with Crippen LogP contribution in [0.2, 0.25) is 0 Å². The van der Waals surface area contributed by atoms with Crippen LogP contribution in [0.5, 0.6) is 0 Å². The van der Waals surface area contributed by atoms with Crippen LogP contribution in [0.15, 0.2) is 48.5 Å². The van der Waals surface area contributed by atoms with Crippen LogP contribution in [0, 0.1) is 17.6 Å². The predicted octanol–water partition coefficient (Wildman–Crippen LogP) is 4.18. The Kier molecular flexibility index (Phi) is 5.42. The minimum atomic E-state index is -0.559. The van der Waals surface area contributed by atoms with Gasteiger partial charge >= 0.3 is 5.97 Å². The number of ether oxygens (including phenoxy) is 3. The second kappa shape index (κ2) is 7.97. The second-order valence-electron chi connectivity index (χ2n) is 7.32. The molecule has 2 aliphatic heterocycles. The number of methoxy groups -OCH3 is 1. The van der Waals surface area contributed by atoms with Crippen molar-refractivity contribution in [3.05, 3.63) is 71.3 Å². The summed E-state index contributed by atoms with van der Waals surface area (Å²) in [6.45, 7) is 0. The number of fused-ring (bicyclic) bond motifs is 2. The topological polar surface area (TPSA) is 44.8 Å². The van der Waals surface area contributed by atoms with E-state index in [1.807, 2.05) is 0 Å². The van der Waals surface area contributed by atoms with Gasteiger partial charge in [0.05, 0.1) is 25.4 Å². The van der Waals surface area contributed by atoms with Crippen molar-refractivity contribution in [2.75, 3.05) is 7.11 Å². The molecule has 0 radical (unpaired) electrons. The fourth-order valence-corrected chi connectivity index (χ4v) is 4.20. The van der Waals surface area contributed by atoms with Crippen molar-refractivity contribution in [3.8, 4) is 0 Å². The zero-order valence-electron chi connectivity index (χ0n) is 15.5. The van der Waals surface area contributed by atoms with E-state index in [2.05, 4.69) is 0 Å². The first-order chi connectivity index (χ1) is 13.5. The number of halogens is 2. The molecule has 2 heterocycles. The lowest BCUT2D eigenvalue weighted by molar-refractivity contribution is -0.176. The molecule has 4 nitrogen and oxygen atoms in total. The van der Waals surface area contributed by atoms with E-state index >= 15 is 0 Å². The fourth-order valence-electron chi connectivity index (χ4n) is 4.20. The van der Waals surface area contributed by atoms with Crippen LogP contribution in [0.4, 0.5) is 8.78 Å². The van der Waals surface area contributed by atoms with Crippen molar-refractivity contribution >= 4 is 5.97 Å². The number of benzene rings is 2. The minimum Gasteiger partial charge on any atom is -0.469 e. The molecule has 2 aromatic carbocycles. The van der Waals surface area contributed by atoms with E-state index in [0.29, 0.717) is 6.42 Å². The zero-order chi connectivity index (χ0) is 19.7. The summed E-state index contributed by atoms with van der Waals surface area (Å²) < 4.78 is 44.2. The molecule has 0 aromatic heterocycles. The summed E-state index contributed by atoms with van der Waals surface area (Å²) in [4.78, 5) is 12.4. The molecular weight excluding hydrogens is 366 g/mol. The number of carbonyl (C=O) groups is 1. The first-order valence-electron chi connectivity index (χ1n) is 9.45. The summed E-state index contributed by atoms with van der Waals surface area (Å²) in [5.41, 5.74) is 1.46. The molecule has 4 atom stereocenters. The standard InChI is InChI=1S/C22H22F2O4/c1-26-22(25)20-18-11-10-17(27-18)12-19(20)28-21(13-2-6-15(23)7-3-13)14-4-8-16(24)9-5-14/h2-9,17-21H,10-12H2,1H3/t17?,18-,19?,20?/m0/s1. The molecule has 2 bridgehead atoms. The van der Waals surface area contributed by atoms with Crippen LogP contribution in [0.25, 0.3) is 0 Å². The average molecular weight is 388 g/mol. The molecule has 0 aliphatic carbocycles. The van der Waals surface area contributed by atoms with Crippen molar-refractivity contribution < 1.29 is 27.8 Å². The number of rotatable bonds is 5. The van der Waals surface area contributed by atoms with Gasteiger partial charge in [-0.3, -0.25) is 4.79 Å². The first kappa shape index (κ1) is 19.0. The Labute approximate surface area is 162 Å². The van der Waals surface area contributed by atoms with Gasteiger partial charge in [-0.25, -0.2) is 8.78 Å². The van der Waals surface area contributed by atoms with Gasteiger partial charge in [-0.2, -0.15) is 0 Å². The lowest BCUT2D eigenvalue weighted by Crippen LogP contribution is -2.45. The SMILES string of the molecule is COC(=O)C1C(OC(c2ccc(F)cc2)c2ccc(F)cc2)CC2CC[C@@H]1O2. The van der Waals surface area contributed by atoms with Crippen LogP contribution < -0.4 is 0 Å². The van der Waals surface area contributed by atoms with Crippen molar-refractivity contribution in [3.63, 3.8) is 0 Å². The second-order valence-corrected chi connectivity index (χ2v) is 7.32. The van der Waals surface area contributed by atoms with Gasteiger partial charge in [0.2, 0.25) is 0 Å². The van der Waals surface area contributed by atoms with E-state index in [4.69, 9.17) is 14.2 Å². The predicted molar refractivity (Wildman–Crippen MR) is 97.5 cm³/mol. The molecule has 4 rings (SSSR count). The van der Waals surface area contributed by atoms with Gasteiger partial charge in [0.25, 0.3) is 0 Å². The molecule has 0 saturated carbocycles. The van der Waals surface area contributed by atoms with E-state index < -0.39 is 18.1 Å². The number of hydrogen-bond donors (Lipinski definition) is 0. The highest BCUT2D eigenvalue weighted by atomic mass is 19.1. The molecule has 0 spiro atoms. The van der Waals surface area contributed by atoms with Gasteiger partial charge in [-0.15, -0.1) is 0 Å². The van der Waals surface area contributed by atoms with E-state index in [9.17, 15) is 13.6 Å². The monoisotopic (exact) mass is 388 g/mol. The summed E-state index contributed by atoms with van der Waals surface area (Å²) in [6, 6.07) is 12.0. The minimum absolute atomic E-state index is 0.0537. The highest BCUT2D eigenvalue weighted by Gasteiger charge is 2.48. The smallest absolute Gasteiger partial charge is 0.313 e. The fraction of sp³-hybridized carbons (Fsp3) is 0.409. The molecule has 28 heavy (non-hydrogen) atoms. The van der Waals surface area contributed by atoms with Crippen LogP contribution in [0.1, 0.15) is 36.5 Å². The van der Waals surface area contributed by atoms with Crippen molar-refractivity contribution in [2.45, 2.75) is 43.7 Å². The molecule has 2 aromatic rings. The summed E-state index contributed by atoms with van der Waals surface area (Å²) in [7, 11) is 1.36. The molecule has 148 valence electrons. The van der Waals surface area contributed by atoms with E-state index in [-0.39, 0.29) is 29.8 Å². The molecule has 2 aliphatic rings. The lowest BCUT2D eigenvalue weighted by Gasteiger charge is -2.37. The Morgan fingerprint density at radius 3 is 2.11 bits per heavy atom. The quantitative estimate of drug-likeness (QED) is 0.721. The van der Waals surface area contributed by atoms with Crippen LogP contribution in [0.3, 0.4) is 0 Å². The Bertz CT molecular complexity index is 776. The van der Waals surface area contributed by atoms with Gasteiger partial charge in [0.15, 0.2) is 0 Å². The van der Waals surface area contributed by atoms with Gasteiger partial charge in [-0.1, -0.05) is 24.3 Å². The van der Waals surface area contributed by atoms with Crippen LogP contribution >= 0.6 is 0 Å². The van der Waals surface area contributed by atoms with Gasteiger partial charge < -0.3 is 14.2 Å². The Morgan fingerprint density at radius 2 is 1.57 bits per heavy atom. The van der Waals surface area contributed by atoms with Gasteiger partial charge in [-0.05, 0) is 48.2 Å². The maximum Gasteiger partial charge on any atom is 0.313 e. The molecule has 6 heteroatoms. The molecule has 2 saturated heterocycles. The van der Waals surface area contributed by atoms with Gasteiger partial charge in [0.1, 0.15) is 23.7 Å². The largest absolute Gasteiger partial charge is 0.469 e. The Morgan fingerprint density at radius 1 is 1.00 bits per heavy atom. The number of hydrogen-bond acceptors (Lipinski definition) is 4. The molecular formula is C22H22F2O4. The third-order valence-corrected chi connectivity index (χ3v) is 5.57. The molecule has 0 N–H and O–H groups in total. The summed E-state index contributed by atoms with van der Waals surface area (Å²) in [5, 5.41) is 0. The third kappa shape index (κ3) is 3.80. The zero-order valence-corrected chi connectivity index (χ0v) is 15.5. The summed E-state index contributed by atoms with van der Waals surface area (Å²) in [5.74, 6) is -1.57. The maximum atomic E-state index is 13.4. The van der Waals surface area contributed by atoms with Crippen LogP contribution in [-0.2, 0) is 19.0 Å². The highest BCUT2D eigenvalue weighted by Crippen LogP contribution is 2.41. The van der Waals surface area contributed by atoms with E-state index in [1.165, 1.54) is 31.4 Å². The number of carbonyl (C=O) groups excluding carboxylic acids is 1. The maximum absolute atomic E-state index is 13.4. The highest BCUT2D eigenvalue weighted by molar-refractivity contribution is 5.74. The van der Waals surface area contributed by atoms with Crippen LogP contribution in [-0.4, -0.2) is 31.4 Å². The molecule has 0 amide bonds. The van der Waals surface area contributed by atoms with Crippen molar-refractivity contribution in [1.29, 1.82) is 0 Å². The summed E-state index contributed by atoms with van der Waals surface area (Å²) in [6.07, 6.45) is 1.12. The Hall–Kier alpha value is -2.31. The normalized spacial score (nSPS) is 26.4. The Balaban J connectivity index is 1.67.